The minimum atomic E-state index is -0.873. The summed E-state index contributed by atoms with van der Waals surface area (Å²) >= 11 is 0. The second-order valence-electron chi connectivity index (χ2n) is 6.76. The number of nitrogens with two attached hydrogens (primary N) is 1. The number of ether oxygens (including phenoxy) is 1. The molecule has 25 heavy (non-hydrogen) atoms. The van der Waals surface area contributed by atoms with Gasteiger partial charge >= 0.3 is 0 Å². The van der Waals surface area contributed by atoms with Crippen molar-refractivity contribution in [1.29, 1.82) is 0 Å². The van der Waals surface area contributed by atoms with Crippen molar-refractivity contribution in [3.8, 4) is 5.75 Å². The first-order valence-corrected chi connectivity index (χ1v) is 8.63. The van der Waals surface area contributed by atoms with Crippen LogP contribution in [0.15, 0.2) is 28.8 Å². The number of hydrogen-bond acceptors (Lipinski definition) is 6. The Balaban J connectivity index is 1.52. The van der Waals surface area contributed by atoms with Gasteiger partial charge in [-0.1, -0.05) is 18.5 Å². The predicted octanol–water partition coefficient (Wildman–Crippen LogP) is 2.98. The Labute approximate surface area is 146 Å². The van der Waals surface area contributed by atoms with Gasteiger partial charge in [0.05, 0.1) is 5.54 Å². The fraction of sp³-hybridized carbons (Fsp3) is 0.500. The van der Waals surface area contributed by atoms with E-state index in [9.17, 15) is 4.79 Å². The van der Waals surface area contributed by atoms with Crippen LogP contribution in [-0.4, -0.2) is 21.6 Å². The van der Waals surface area contributed by atoms with Crippen LogP contribution in [0.4, 0.5) is 5.69 Å². The van der Waals surface area contributed by atoms with Crippen LogP contribution in [-0.2, 0) is 11.4 Å². The lowest BCUT2D eigenvalue weighted by Gasteiger charge is -2.22. The monoisotopic (exact) mass is 344 g/mol. The van der Waals surface area contributed by atoms with Gasteiger partial charge in [-0.2, -0.15) is 4.98 Å². The van der Waals surface area contributed by atoms with Crippen LogP contribution in [0.3, 0.4) is 0 Å². The lowest BCUT2D eigenvalue weighted by molar-refractivity contribution is -0.120. The van der Waals surface area contributed by atoms with Gasteiger partial charge in [0.25, 0.3) is 0 Å². The third kappa shape index (κ3) is 4.57. The molecule has 1 saturated carbocycles. The zero-order valence-electron chi connectivity index (χ0n) is 14.6. The highest BCUT2D eigenvalue weighted by molar-refractivity contribution is 5.97. The number of amides is 1. The summed E-state index contributed by atoms with van der Waals surface area (Å²) in [6.07, 6.45) is 3.73. The topological polar surface area (TPSA) is 103 Å². The summed E-state index contributed by atoms with van der Waals surface area (Å²) in [7, 11) is 0. The normalized spacial score (nSPS) is 16.3. The molecule has 1 fully saturated rings. The first kappa shape index (κ1) is 17.4. The van der Waals surface area contributed by atoms with E-state index in [4.69, 9.17) is 15.0 Å². The molecule has 1 atom stereocenters. The molecule has 0 radical (unpaired) electrons. The smallest absolute Gasteiger partial charge is 0.244 e. The Morgan fingerprint density at radius 1 is 1.40 bits per heavy atom. The van der Waals surface area contributed by atoms with Gasteiger partial charge in [-0.25, -0.2) is 0 Å². The maximum atomic E-state index is 12.2. The molecule has 0 saturated heterocycles. The zero-order chi connectivity index (χ0) is 17.9. The Morgan fingerprint density at radius 3 is 2.76 bits per heavy atom. The molecule has 3 N–H and O–H groups in total. The summed E-state index contributed by atoms with van der Waals surface area (Å²) < 4.78 is 10.8. The number of carbonyl (C=O) groups excluding carboxylic acids is 1. The summed E-state index contributed by atoms with van der Waals surface area (Å²) in [5.74, 6) is 2.15. The largest absolute Gasteiger partial charge is 0.485 e. The average molecular weight is 344 g/mol. The van der Waals surface area contributed by atoms with Crippen molar-refractivity contribution in [2.24, 2.45) is 5.73 Å². The van der Waals surface area contributed by atoms with Crippen LogP contribution in [0.2, 0.25) is 0 Å². The van der Waals surface area contributed by atoms with Crippen LogP contribution < -0.4 is 15.8 Å². The summed E-state index contributed by atoms with van der Waals surface area (Å²) in [4.78, 5) is 16.5. The molecule has 1 aromatic carbocycles. The van der Waals surface area contributed by atoms with Crippen LogP contribution in [0.5, 0.6) is 5.75 Å². The van der Waals surface area contributed by atoms with Crippen LogP contribution >= 0.6 is 0 Å². The standard InChI is InChI=1S/C18H24N4O3/c1-3-10-18(2,19)17(23)20-13-6-8-14(9-7-13)24-11-15-21-16(25-22-15)12-4-5-12/h6-9,12H,3-5,10-11,19H2,1-2H3,(H,20,23). The van der Waals surface area contributed by atoms with E-state index in [-0.39, 0.29) is 12.5 Å². The number of nitrogens with one attached hydrogen (secondary N) is 1. The lowest BCUT2D eigenvalue weighted by Crippen LogP contribution is -2.48. The quantitative estimate of drug-likeness (QED) is 0.763. The number of hydrogen-bond donors (Lipinski definition) is 2. The minimum Gasteiger partial charge on any atom is -0.485 e. The molecule has 1 aromatic heterocycles. The second-order valence-corrected chi connectivity index (χ2v) is 6.76. The Hall–Kier alpha value is -2.41. The van der Waals surface area contributed by atoms with Crippen molar-refractivity contribution >= 4 is 11.6 Å². The molecule has 0 bridgehead atoms. The number of nitrogens with zero attached hydrogens (tertiary/aromatic N) is 2. The number of aromatic nitrogens is 2. The van der Waals surface area contributed by atoms with Gasteiger partial charge < -0.3 is 20.3 Å². The van der Waals surface area contributed by atoms with Crippen molar-refractivity contribution in [3.63, 3.8) is 0 Å². The third-order valence-corrected chi connectivity index (χ3v) is 4.18. The van der Waals surface area contributed by atoms with Gasteiger partial charge in [0.15, 0.2) is 6.61 Å². The number of anilines is 1. The molecule has 1 unspecified atom stereocenters. The molecule has 0 spiro atoms. The van der Waals surface area contributed by atoms with Gasteiger partial charge in [0.1, 0.15) is 5.75 Å². The van der Waals surface area contributed by atoms with Crippen molar-refractivity contribution in [2.75, 3.05) is 5.32 Å². The molecule has 1 aliphatic rings. The summed E-state index contributed by atoms with van der Waals surface area (Å²) in [5.41, 5.74) is 5.84. The van der Waals surface area contributed by atoms with E-state index in [1.807, 2.05) is 6.92 Å². The number of rotatable bonds is 8. The maximum Gasteiger partial charge on any atom is 0.244 e. The molecule has 7 heteroatoms. The highest BCUT2D eigenvalue weighted by Crippen LogP contribution is 2.38. The van der Waals surface area contributed by atoms with Crippen molar-refractivity contribution < 1.29 is 14.1 Å². The van der Waals surface area contributed by atoms with Crippen LogP contribution in [0, 0.1) is 0 Å². The molecule has 3 rings (SSSR count). The van der Waals surface area contributed by atoms with Gasteiger partial charge in [-0.05, 0) is 50.5 Å². The van der Waals surface area contributed by atoms with E-state index in [0.29, 0.717) is 35.5 Å². The van der Waals surface area contributed by atoms with Gasteiger partial charge in [0.2, 0.25) is 17.6 Å². The average Bonchev–Trinajstić information content (AvgIpc) is 3.33. The first-order valence-electron chi connectivity index (χ1n) is 8.63. The maximum absolute atomic E-state index is 12.2. The van der Waals surface area contributed by atoms with Gasteiger partial charge in [0, 0.05) is 11.6 Å². The summed E-state index contributed by atoms with van der Waals surface area (Å²) in [5, 5.41) is 6.74. The molecule has 7 nitrogen and oxygen atoms in total. The molecule has 0 aliphatic heterocycles. The zero-order valence-corrected chi connectivity index (χ0v) is 14.6. The van der Waals surface area contributed by atoms with Gasteiger partial charge in [-0.3, -0.25) is 4.79 Å². The molecule has 2 aromatic rings. The Bertz CT molecular complexity index is 720. The number of benzene rings is 1. The van der Waals surface area contributed by atoms with E-state index in [1.165, 1.54) is 0 Å². The third-order valence-electron chi connectivity index (χ3n) is 4.18. The molecule has 1 amide bonds. The molecular formula is C18H24N4O3. The van der Waals surface area contributed by atoms with E-state index in [2.05, 4.69) is 15.5 Å². The first-order chi connectivity index (χ1) is 12.0. The Kier molecular flexibility index (Phi) is 5.03. The molecule has 1 heterocycles. The predicted molar refractivity (Wildman–Crippen MR) is 93.2 cm³/mol. The number of carbonyl (C=O) groups is 1. The lowest BCUT2D eigenvalue weighted by atomic mass is 9.96. The van der Waals surface area contributed by atoms with Crippen molar-refractivity contribution in [3.05, 3.63) is 36.0 Å². The van der Waals surface area contributed by atoms with E-state index in [0.717, 1.165) is 19.3 Å². The molecular weight excluding hydrogens is 320 g/mol. The highest BCUT2D eigenvalue weighted by atomic mass is 16.5. The Morgan fingerprint density at radius 2 is 2.12 bits per heavy atom. The van der Waals surface area contributed by atoms with Crippen LogP contribution in [0.1, 0.15) is 57.2 Å². The molecule has 1 aliphatic carbocycles. The van der Waals surface area contributed by atoms with Crippen molar-refractivity contribution in [1.82, 2.24) is 10.1 Å². The van der Waals surface area contributed by atoms with E-state index < -0.39 is 5.54 Å². The fourth-order valence-corrected chi connectivity index (χ4v) is 2.51. The summed E-state index contributed by atoms with van der Waals surface area (Å²) in [6.45, 7) is 3.99. The SMILES string of the molecule is CCCC(C)(N)C(=O)Nc1ccc(OCc2noc(C3CC3)n2)cc1. The molecule has 134 valence electrons. The highest BCUT2D eigenvalue weighted by Gasteiger charge is 2.29. The van der Waals surface area contributed by atoms with Crippen LogP contribution in [0.25, 0.3) is 0 Å². The van der Waals surface area contributed by atoms with E-state index >= 15 is 0 Å². The van der Waals surface area contributed by atoms with E-state index in [1.54, 1.807) is 31.2 Å². The van der Waals surface area contributed by atoms with Crippen molar-refractivity contribution in [2.45, 2.75) is 57.6 Å². The minimum absolute atomic E-state index is 0.192. The second kappa shape index (κ2) is 7.23. The van der Waals surface area contributed by atoms with Gasteiger partial charge in [-0.15, -0.1) is 0 Å². The summed E-state index contributed by atoms with van der Waals surface area (Å²) in [6, 6.07) is 7.12. The fourth-order valence-electron chi connectivity index (χ4n) is 2.51.